The zero-order valence-corrected chi connectivity index (χ0v) is 11.8. The molecule has 1 rings (SSSR count). The van der Waals surface area contributed by atoms with Gasteiger partial charge in [0.2, 0.25) is 5.91 Å². The van der Waals surface area contributed by atoms with Crippen molar-refractivity contribution in [1.29, 1.82) is 0 Å². The third kappa shape index (κ3) is 4.58. The van der Waals surface area contributed by atoms with Crippen LogP contribution in [0, 0.1) is 5.92 Å². The van der Waals surface area contributed by atoms with Gasteiger partial charge in [0.05, 0.1) is 16.6 Å². The van der Waals surface area contributed by atoms with Crippen molar-refractivity contribution in [3.05, 3.63) is 16.1 Å². The van der Waals surface area contributed by atoms with Gasteiger partial charge in [0, 0.05) is 6.54 Å². The van der Waals surface area contributed by atoms with Gasteiger partial charge < -0.3 is 16.4 Å². The summed E-state index contributed by atoms with van der Waals surface area (Å²) >= 11 is 11.7. The molecule has 0 aromatic carbocycles. The maximum atomic E-state index is 11.5. The fraction of sp³-hybridized carbons (Fsp3) is 0.455. The maximum absolute atomic E-state index is 11.5. The molecule has 1 aromatic rings. The topological polar surface area (TPSA) is 80.0 Å². The number of hydrogen-bond donors (Lipinski definition) is 3. The molecule has 1 aromatic heterocycles. The number of carbonyl (C=O) groups is 1. The van der Waals surface area contributed by atoms with Crippen molar-refractivity contribution in [2.24, 2.45) is 5.92 Å². The average molecular weight is 291 g/mol. The second kappa shape index (κ2) is 6.66. The number of aromatic nitrogens is 1. The molecular formula is C11H16Cl2N4O. The Kier molecular flexibility index (Phi) is 5.50. The second-order valence-corrected chi connectivity index (χ2v) is 5.05. The Morgan fingerprint density at radius 1 is 1.44 bits per heavy atom. The van der Waals surface area contributed by atoms with Crippen LogP contribution in [0.2, 0.25) is 10.0 Å². The van der Waals surface area contributed by atoms with E-state index in [0.717, 1.165) is 0 Å². The lowest BCUT2D eigenvalue weighted by atomic mass is 10.2. The van der Waals surface area contributed by atoms with Gasteiger partial charge in [-0.1, -0.05) is 37.0 Å². The van der Waals surface area contributed by atoms with Crippen LogP contribution in [0.3, 0.4) is 0 Å². The molecule has 5 nitrogen and oxygen atoms in total. The van der Waals surface area contributed by atoms with Gasteiger partial charge in [0.1, 0.15) is 11.6 Å². The molecule has 1 heterocycles. The molecule has 0 radical (unpaired) electrons. The fourth-order valence-corrected chi connectivity index (χ4v) is 1.57. The van der Waals surface area contributed by atoms with E-state index in [2.05, 4.69) is 15.6 Å². The van der Waals surface area contributed by atoms with Crippen LogP contribution >= 0.6 is 23.2 Å². The van der Waals surface area contributed by atoms with Gasteiger partial charge >= 0.3 is 0 Å². The van der Waals surface area contributed by atoms with E-state index >= 15 is 0 Å². The predicted octanol–water partition coefficient (Wildman–Crippen LogP) is 2.15. The highest BCUT2D eigenvalue weighted by Crippen LogP contribution is 2.26. The summed E-state index contributed by atoms with van der Waals surface area (Å²) in [5, 5.41) is 6.19. The Labute approximate surface area is 116 Å². The SMILES string of the molecule is CC(C)CNC(=O)CNc1nc(N)c(Cl)cc1Cl. The molecule has 1 amide bonds. The first-order chi connectivity index (χ1) is 8.40. The first-order valence-electron chi connectivity index (χ1n) is 5.52. The zero-order chi connectivity index (χ0) is 13.7. The number of nitrogens with two attached hydrogens (primary N) is 1. The van der Waals surface area contributed by atoms with Crippen molar-refractivity contribution in [3.63, 3.8) is 0 Å². The highest BCUT2D eigenvalue weighted by molar-refractivity contribution is 6.37. The van der Waals surface area contributed by atoms with Crippen molar-refractivity contribution in [2.45, 2.75) is 13.8 Å². The van der Waals surface area contributed by atoms with Gasteiger partial charge in [0.15, 0.2) is 0 Å². The summed E-state index contributed by atoms with van der Waals surface area (Å²) in [7, 11) is 0. The van der Waals surface area contributed by atoms with Crippen LogP contribution < -0.4 is 16.4 Å². The molecule has 0 saturated carbocycles. The number of nitrogen functional groups attached to an aromatic ring is 1. The van der Waals surface area contributed by atoms with E-state index in [1.54, 1.807) is 0 Å². The van der Waals surface area contributed by atoms with E-state index in [4.69, 9.17) is 28.9 Å². The number of hydrogen-bond acceptors (Lipinski definition) is 4. The van der Waals surface area contributed by atoms with Crippen LogP contribution in [0.1, 0.15) is 13.8 Å². The quantitative estimate of drug-likeness (QED) is 0.776. The number of rotatable bonds is 5. The van der Waals surface area contributed by atoms with E-state index < -0.39 is 0 Å². The Bertz CT molecular complexity index is 437. The van der Waals surface area contributed by atoms with E-state index in [1.807, 2.05) is 13.8 Å². The largest absolute Gasteiger partial charge is 0.382 e. The Morgan fingerprint density at radius 2 is 2.11 bits per heavy atom. The smallest absolute Gasteiger partial charge is 0.239 e. The van der Waals surface area contributed by atoms with Crippen LogP contribution in [0.5, 0.6) is 0 Å². The molecule has 0 unspecified atom stereocenters. The van der Waals surface area contributed by atoms with Crippen molar-refractivity contribution >= 4 is 40.7 Å². The van der Waals surface area contributed by atoms with E-state index in [0.29, 0.717) is 23.3 Å². The molecule has 18 heavy (non-hydrogen) atoms. The van der Waals surface area contributed by atoms with Crippen molar-refractivity contribution in [2.75, 3.05) is 24.1 Å². The number of nitrogens with zero attached hydrogens (tertiary/aromatic N) is 1. The van der Waals surface area contributed by atoms with Crippen LogP contribution in [-0.4, -0.2) is 24.0 Å². The summed E-state index contributed by atoms with van der Waals surface area (Å²) in [4.78, 5) is 15.4. The summed E-state index contributed by atoms with van der Waals surface area (Å²) < 4.78 is 0. The minimum Gasteiger partial charge on any atom is -0.382 e. The average Bonchev–Trinajstić information content (AvgIpc) is 2.29. The van der Waals surface area contributed by atoms with E-state index in [9.17, 15) is 4.79 Å². The van der Waals surface area contributed by atoms with Gasteiger partial charge in [-0.2, -0.15) is 0 Å². The van der Waals surface area contributed by atoms with Gasteiger partial charge in [-0.25, -0.2) is 4.98 Å². The lowest BCUT2D eigenvalue weighted by Crippen LogP contribution is -2.32. The standard InChI is InChI=1S/C11H16Cl2N4O/c1-6(2)4-15-9(18)5-16-11-8(13)3-7(12)10(14)17-11/h3,6H,4-5H2,1-2H3,(H,15,18)(H3,14,16,17). The van der Waals surface area contributed by atoms with Crippen LogP contribution in [0.25, 0.3) is 0 Å². The molecule has 0 aliphatic rings. The third-order valence-corrected chi connectivity index (χ3v) is 2.67. The predicted molar refractivity (Wildman–Crippen MR) is 75.0 cm³/mol. The number of anilines is 2. The molecule has 0 aliphatic carbocycles. The molecule has 0 bridgehead atoms. The van der Waals surface area contributed by atoms with E-state index in [-0.39, 0.29) is 23.3 Å². The Morgan fingerprint density at radius 3 is 2.72 bits per heavy atom. The maximum Gasteiger partial charge on any atom is 0.239 e. The Balaban J connectivity index is 2.53. The summed E-state index contributed by atoms with van der Waals surface area (Å²) in [5.74, 6) is 0.793. The number of halogens is 2. The first-order valence-corrected chi connectivity index (χ1v) is 6.27. The molecule has 0 fully saturated rings. The van der Waals surface area contributed by atoms with Gasteiger partial charge in [-0.3, -0.25) is 4.79 Å². The summed E-state index contributed by atoms with van der Waals surface area (Å²) in [5.41, 5.74) is 5.55. The monoisotopic (exact) mass is 290 g/mol. The third-order valence-electron chi connectivity index (χ3n) is 2.08. The molecule has 0 saturated heterocycles. The number of carbonyl (C=O) groups excluding carboxylic acids is 1. The highest BCUT2D eigenvalue weighted by Gasteiger charge is 2.08. The minimum absolute atomic E-state index is 0.0838. The van der Waals surface area contributed by atoms with Crippen LogP contribution in [0.4, 0.5) is 11.6 Å². The molecular weight excluding hydrogens is 275 g/mol. The fourth-order valence-electron chi connectivity index (χ4n) is 1.15. The summed E-state index contributed by atoms with van der Waals surface area (Å²) in [6, 6.07) is 1.49. The summed E-state index contributed by atoms with van der Waals surface area (Å²) in [6.07, 6.45) is 0. The van der Waals surface area contributed by atoms with Gasteiger partial charge in [0.25, 0.3) is 0 Å². The molecule has 0 aliphatic heterocycles. The lowest BCUT2D eigenvalue weighted by Gasteiger charge is -2.10. The van der Waals surface area contributed by atoms with Gasteiger partial charge in [-0.15, -0.1) is 0 Å². The van der Waals surface area contributed by atoms with Crippen LogP contribution in [0.15, 0.2) is 6.07 Å². The highest BCUT2D eigenvalue weighted by atomic mass is 35.5. The first kappa shape index (κ1) is 14.9. The molecule has 7 heteroatoms. The number of amides is 1. The number of nitrogens with one attached hydrogen (secondary N) is 2. The zero-order valence-electron chi connectivity index (χ0n) is 10.3. The second-order valence-electron chi connectivity index (χ2n) is 4.24. The van der Waals surface area contributed by atoms with Gasteiger partial charge in [-0.05, 0) is 12.0 Å². The van der Waals surface area contributed by atoms with Crippen molar-refractivity contribution in [3.8, 4) is 0 Å². The minimum atomic E-state index is -0.130. The molecule has 4 N–H and O–H groups in total. The summed E-state index contributed by atoms with van der Waals surface area (Å²) in [6.45, 7) is 4.75. The molecule has 0 spiro atoms. The normalized spacial score (nSPS) is 10.5. The molecule has 100 valence electrons. The lowest BCUT2D eigenvalue weighted by molar-refractivity contribution is -0.119. The molecule has 0 atom stereocenters. The van der Waals surface area contributed by atoms with E-state index in [1.165, 1.54) is 6.07 Å². The van der Waals surface area contributed by atoms with Crippen molar-refractivity contribution < 1.29 is 4.79 Å². The van der Waals surface area contributed by atoms with Crippen LogP contribution in [-0.2, 0) is 4.79 Å². The number of pyridine rings is 1. The Hall–Kier alpha value is -1.20. The van der Waals surface area contributed by atoms with Crippen molar-refractivity contribution in [1.82, 2.24) is 10.3 Å².